The van der Waals surface area contributed by atoms with Crippen LogP contribution < -0.4 is 5.73 Å². The van der Waals surface area contributed by atoms with Crippen LogP contribution in [0.3, 0.4) is 0 Å². The highest BCUT2D eigenvalue weighted by Crippen LogP contribution is 2.35. The first kappa shape index (κ1) is 13.4. The molecule has 0 aromatic rings. The molecule has 108 valence electrons. The molecule has 0 spiro atoms. The third-order valence-corrected chi connectivity index (χ3v) is 5.29. The molecule has 1 heterocycles. The largest absolute Gasteiger partial charge is 0.374 e. The van der Waals surface area contributed by atoms with E-state index in [1.165, 1.54) is 6.42 Å². The van der Waals surface area contributed by atoms with Gasteiger partial charge in [0.2, 0.25) is 5.91 Å². The molecule has 0 aromatic carbocycles. The fourth-order valence-electron chi connectivity index (χ4n) is 4.22. The molecule has 0 bridgehead atoms. The van der Waals surface area contributed by atoms with Crippen LogP contribution >= 0.6 is 0 Å². The van der Waals surface area contributed by atoms with Crippen molar-refractivity contribution in [2.24, 2.45) is 17.6 Å². The molecule has 3 rings (SSSR count). The van der Waals surface area contributed by atoms with E-state index in [0.29, 0.717) is 36.6 Å². The molecular weight excluding hydrogens is 240 g/mol. The van der Waals surface area contributed by atoms with Crippen LogP contribution in [0.5, 0.6) is 0 Å². The van der Waals surface area contributed by atoms with E-state index in [1.807, 2.05) is 0 Å². The first-order valence-corrected chi connectivity index (χ1v) is 7.84. The van der Waals surface area contributed by atoms with Crippen molar-refractivity contribution in [3.8, 4) is 0 Å². The van der Waals surface area contributed by atoms with Crippen molar-refractivity contribution >= 4 is 5.91 Å². The third kappa shape index (κ3) is 2.52. The summed E-state index contributed by atoms with van der Waals surface area (Å²) < 4.78 is 5.80. The minimum atomic E-state index is 0.194. The Morgan fingerprint density at radius 1 is 1.26 bits per heavy atom. The summed E-state index contributed by atoms with van der Waals surface area (Å²) in [7, 11) is 0. The quantitative estimate of drug-likeness (QED) is 0.783. The summed E-state index contributed by atoms with van der Waals surface area (Å²) in [5, 5.41) is 0. The Morgan fingerprint density at radius 2 is 2.11 bits per heavy atom. The van der Waals surface area contributed by atoms with Crippen LogP contribution in [0.1, 0.15) is 45.4 Å². The second-order valence-corrected chi connectivity index (χ2v) is 6.60. The monoisotopic (exact) mass is 266 g/mol. The predicted molar refractivity (Wildman–Crippen MR) is 73.6 cm³/mol. The second kappa shape index (κ2) is 5.41. The van der Waals surface area contributed by atoms with Gasteiger partial charge in [-0.1, -0.05) is 6.92 Å². The van der Waals surface area contributed by atoms with Crippen LogP contribution in [0.4, 0.5) is 0 Å². The molecule has 0 aromatic heterocycles. The number of hydrogen-bond donors (Lipinski definition) is 1. The van der Waals surface area contributed by atoms with Gasteiger partial charge in [0.15, 0.2) is 0 Å². The maximum Gasteiger partial charge on any atom is 0.226 e. The van der Waals surface area contributed by atoms with Gasteiger partial charge < -0.3 is 15.4 Å². The number of nitrogens with zero attached hydrogens (tertiary/aromatic N) is 1. The van der Waals surface area contributed by atoms with E-state index in [9.17, 15) is 4.79 Å². The number of amides is 1. The zero-order valence-corrected chi connectivity index (χ0v) is 11.9. The first-order valence-electron chi connectivity index (χ1n) is 7.84. The molecule has 5 atom stereocenters. The van der Waals surface area contributed by atoms with Crippen LogP contribution in [0.2, 0.25) is 0 Å². The Morgan fingerprint density at radius 3 is 2.89 bits per heavy atom. The Bertz CT molecular complexity index is 347. The number of fused-ring (bicyclic) bond motifs is 1. The first-order chi connectivity index (χ1) is 9.16. The minimum Gasteiger partial charge on any atom is -0.374 e. The molecule has 2 aliphatic carbocycles. The van der Waals surface area contributed by atoms with Gasteiger partial charge in [0.25, 0.3) is 0 Å². The Hall–Kier alpha value is -0.610. The van der Waals surface area contributed by atoms with E-state index in [1.54, 1.807) is 0 Å². The molecular formula is C15H26N2O2. The lowest BCUT2D eigenvalue weighted by Crippen LogP contribution is -2.54. The highest BCUT2D eigenvalue weighted by Gasteiger charge is 2.42. The summed E-state index contributed by atoms with van der Waals surface area (Å²) in [5.74, 6) is 0.998. The van der Waals surface area contributed by atoms with Gasteiger partial charge in [-0.25, -0.2) is 0 Å². The highest BCUT2D eigenvalue weighted by atomic mass is 16.5. The van der Waals surface area contributed by atoms with Crippen molar-refractivity contribution in [2.45, 2.75) is 63.6 Å². The molecule has 3 fully saturated rings. The van der Waals surface area contributed by atoms with Crippen LogP contribution in [-0.4, -0.2) is 42.1 Å². The standard InChI is InChI=1S/C15H26N2O2/c1-10-9-11(16)5-6-12(10)15(18)17-7-8-19-14-4-2-3-13(14)17/h10-14H,2-9,16H2,1H3. The van der Waals surface area contributed by atoms with Crippen molar-refractivity contribution in [3.63, 3.8) is 0 Å². The van der Waals surface area contributed by atoms with E-state index in [4.69, 9.17) is 10.5 Å². The topological polar surface area (TPSA) is 55.6 Å². The maximum absolute atomic E-state index is 12.8. The molecule has 1 saturated heterocycles. The minimum absolute atomic E-state index is 0.194. The van der Waals surface area contributed by atoms with Crippen molar-refractivity contribution in [2.75, 3.05) is 13.2 Å². The average Bonchev–Trinajstić information content (AvgIpc) is 2.86. The lowest BCUT2D eigenvalue weighted by atomic mass is 9.77. The van der Waals surface area contributed by atoms with E-state index in [-0.39, 0.29) is 5.92 Å². The molecule has 4 nitrogen and oxygen atoms in total. The summed E-state index contributed by atoms with van der Waals surface area (Å²) in [6.45, 7) is 3.69. The van der Waals surface area contributed by atoms with Crippen molar-refractivity contribution in [3.05, 3.63) is 0 Å². The number of morpholine rings is 1. The van der Waals surface area contributed by atoms with Gasteiger partial charge in [-0.3, -0.25) is 4.79 Å². The molecule has 4 heteroatoms. The van der Waals surface area contributed by atoms with Gasteiger partial charge in [0, 0.05) is 18.5 Å². The summed E-state index contributed by atoms with van der Waals surface area (Å²) >= 11 is 0. The van der Waals surface area contributed by atoms with E-state index in [2.05, 4.69) is 11.8 Å². The SMILES string of the molecule is CC1CC(N)CCC1C(=O)N1CCOC2CCCC21. The van der Waals surface area contributed by atoms with Gasteiger partial charge in [-0.05, 0) is 44.4 Å². The Labute approximate surface area is 115 Å². The fourth-order valence-corrected chi connectivity index (χ4v) is 4.22. The van der Waals surface area contributed by atoms with E-state index in [0.717, 1.165) is 38.6 Å². The number of carbonyl (C=O) groups excluding carboxylic acids is 1. The Balaban J connectivity index is 1.69. The second-order valence-electron chi connectivity index (χ2n) is 6.60. The zero-order valence-electron chi connectivity index (χ0n) is 11.9. The van der Waals surface area contributed by atoms with Crippen LogP contribution in [0.25, 0.3) is 0 Å². The molecule has 1 aliphatic heterocycles. The molecule has 5 unspecified atom stereocenters. The summed E-state index contributed by atoms with van der Waals surface area (Å²) in [4.78, 5) is 15.0. The molecule has 2 saturated carbocycles. The number of nitrogens with two attached hydrogens (primary N) is 1. The van der Waals surface area contributed by atoms with Crippen LogP contribution in [0.15, 0.2) is 0 Å². The normalized spacial score (nSPS) is 43.1. The lowest BCUT2D eigenvalue weighted by molar-refractivity contribution is -0.151. The number of ether oxygens (including phenoxy) is 1. The number of hydrogen-bond acceptors (Lipinski definition) is 3. The van der Waals surface area contributed by atoms with Gasteiger partial charge in [-0.2, -0.15) is 0 Å². The van der Waals surface area contributed by atoms with Gasteiger partial charge >= 0.3 is 0 Å². The molecule has 3 aliphatic rings. The van der Waals surface area contributed by atoms with E-state index >= 15 is 0 Å². The summed E-state index contributed by atoms with van der Waals surface area (Å²) in [6, 6.07) is 0.645. The van der Waals surface area contributed by atoms with Crippen molar-refractivity contribution in [1.82, 2.24) is 4.90 Å². The van der Waals surface area contributed by atoms with E-state index < -0.39 is 0 Å². The maximum atomic E-state index is 12.8. The lowest BCUT2D eigenvalue weighted by Gasteiger charge is -2.42. The number of carbonyl (C=O) groups is 1. The van der Waals surface area contributed by atoms with Crippen molar-refractivity contribution < 1.29 is 9.53 Å². The zero-order chi connectivity index (χ0) is 13.4. The molecule has 1 amide bonds. The van der Waals surface area contributed by atoms with Crippen molar-refractivity contribution in [1.29, 1.82) is 0 Å². The predicted octanol–water partition coefficient (Wildman–Crippen LogP) is 1.53. The van der Waals surface area contributed by atoms with Gasteiger partial charge in [0.05, 0.1) is 18.8 Å². The molecule has 2 N–H and O–H groups in total. The van der Waals surface area contributed by atoms with Gasteiger partial charge in [0.1, 0.15) is 0 Å². The molecule has 0 radical (unpaired) electrons. The fraction of sp³-hybridized carbons (Fsp3) is 0.933. The summed E-state index contributed by atoms with van der Waals surface area (Å²) in [5.41, 5.74) is 6.01. The smallest absolute Gasteiger partial charge is 0.226 e. The summed E-state index contributed by atoms with van der Waals surface area (Å²) in [6.07, 6.45) is 6.71. The average molecular weight is 266 g/mol. The van der Waals surface area contributed by atoms with Gasteiger partial charge in [-0.15, -0.1) is 0 Å². The highest BCUT2D eigenvalue weighted by molar-refractivity contribution is 5.79. The Kier molecular flexibility index (Phi) is 3.81. The molecule has 19 heavy (non-hydrogen) atoms. The third-order valence-electron chi connectivity index (χ3n) is 5.29. The number of rotatable bonds is 1. The van der Waals surface area contributed by atoms with Crippen LogP contribution in [0, 0.1) is 11.8 Å². The van der Waals surface area contributed by atoms with Crippen LogP contribution in [-0.2, 0) is 9.53 Å².